The molecule has 0 bridgehead atoms. The molecular formula is C30H26ClF3N4O. The monoisotopic (exact) mass is 550 g/mol. The van der Waals surface area contributed by atoms with Crippen molar-refractivity contribution in [3.05, 3.63) is 113 Å². The summed E-state index contributed by atoms with van der Waals surface area (Å²) in [5.74, 6) is 0.525. The SMILES string of the molecule is CN=C/C(=C(\C(C)=N\N(C)Cc1ccc(C(F)(F)F)cc1)c1ccc(Cl)cc1)c1ccc(-c2ncco2)cc1. The van der Waals surface area contributed by atoms with Crippen LogP contribution in [0.3, 0.4) is 0 Å². The molecule has 0 unspecified atom stereocenters. The number of aromatic nitrogens is 1. The summed E-state index contributed by atoms with van der Waals surface area (Å²) >= 11 is 6.17. The van der Waals surface area contributed by atoms with Crippen molar-refractivity contribution < 1.29 is 17.6 Å². The first kappa shape index (κ1) is 27.9. The van der Waals surface area contributed by atoms with Crippen LogP contribution >= 0.6 is 11.6 Å². The highest BCUT2D eigenvalue weighted by Crippen LogP contribution is 2.31. The number of hydrazone groups is 1. The summed E-state index contributed by atoms with van der Waals surface area (Å²) in [6.45, 7) is 2.21. The zero-order valence-corrected chi connectivity index (χ0v) is 22.3. The summed E-state index contributed by atoms with van der Waals surface area (Å²) < 4.78 is 44.2. The van der Waals surface area contributed by atoms with Gasteiger partial charge in [0.1, 0.15) is 6.26 Å². The molecule has 0 aliphatic heterocycles. The van der Waals surface area contributed by atoms with Crippen LogP contribution in [-0.4, -0.2) is 36.0 Å². The van der Waals surface area contributed by atoms with Crippen molar-refractivity contribution in [3.8, 4) is 11.5 Å². The van der Waals surface area contributed by atoms with Crippen LogP contribution in [0.15, 0.2) is 99.8 Å². The van der Waals surface area contributed by atoms with Gasteiger partial charge in [0, 0.05) is 42.0 Å². The number of benzene rings is 3. The van der Waals surface area contributed by atoms with E-state index in [0.29, 0.717) is 28.7 Å². The van der Waals surface area contributed by atoms with Gasteiger partial charge in [-0.1, -0.05) is 48.0 Å². The average Bonchev–Trinajstić information content (AvgIpc) is 3.44. The van der Waals surface area contributed by atoms with Gasteiger partial charge in [0.05, 0.1) is 24.0 Å². The van der Waals surface area contributed by atoms with Gasteiger partial charge in [-0.05, 0) is 60.0 Å². The fraction of sp³-hybridized carbons (Fsp3) is 0.167. The van der Waals surface area contributed by atoms with Gasteiger partial charge in [-0.25, -0.2) is 4.98 Å². The molecule has 0 radical (unpaired) electrons. The molecule has 1 heterocycles. The van der Waals surface area contributed by atoms with Gasteiger partial charge in [0.2, 0.25) is 5.89 Å². The molecule has 0 saturated heterocycles. The first-order valence-corrected chi connectivity index (χ1v) is 12.4. The second-order valence-electron chi connectivity index (χ2n) is 8.79. The summed E-state index contributed by atoms with van der Waals surface area (Å²) in [5, 5.41) is 7.08. The summed E-state index contributed by atoms with van der Waals surface area (Å²) in [4.78, 5) is 8.51. The Balaban J connectivity index is 1.73. The molecule has 0 saturated carbocycles. The van der Waals surface area contributed by atoms with E-state index < -0.39 is 11.7 Å². The van der Waals surface area contributed by atoms with E-state index in [9.17, 15) is 13.2 Å². The van der Waals surface area contributed by atoms with E-state index in [1.807, 2.05) is 55.5 Å². The highest BCUT2D eigenvalue weighted by Gasteiger charge is 2.30. The minimum Gasteiger partial charge on any atom is -0.445 e. The van der Waals surface area contributed by atoms with Gasteiger partial charge in [0.25, 0.3) is 0 Å². The van der Waals surface area contributed by atoms with E-state index in [1.54, 1.807) is 31.5 Å². The van der Waals surface area contributed by atoms with Crippen LogP contribution in [-0.2, 0) is 12.7 Å². The molecule has 1 aromatic heterocycles. The average molecular weight is 551 g/mol. The Morgan fingerprint density at radius 2 is 1.62 bits per heavy atom. The lowest BCUT2D eigenvalue weighted by atomic mass is 9.92. The lowest BCUT2D eigenvalue weighted by molar-refractivity contribution is -0.137. The number of hydrogen-bond acceptors (Lipinski definition) is 5. The zero-order valence-electron chi connectivity index (χ0n) is 21.6. The highest BCUT2D eigenvalue weighted by molar-refractivity contribution is 6.38. The number of nitrogens with zero attached hydrogens (tertiary/aromatic N) is 4. The van der Waals surface area contributed by atoms with Crippen LogP contribution in [0.25, 0.3) is 22.6 Å². The second-order valence-corrected chi connectivity index (χ2v) is 9.23. The van der Waals surface area contributed by atoms with Gasteiger partial charge < -0.3 is 4.42 Å². The maximum Gasteiger partial charge on any atom is 0.416 e. The molecule has 9 heteroatoms. The normalized spacial score (nSPS) is 13.1. The predicted molar refractivity (Wildman–Crippen MR) is 151 cm³/mol. The maximum absolute atomic E-state index is 12.9. The van der Waals surface area contributed by atoms with Crippen molar-refractivity contribution in [3.63, 3.8) is 0 Å². The Labute approximate surface area is 230 Å². The fourth-order valence-corrected chi connectivity index (χ4v) is 4.28. The Morgan fingerprint density at radius 3 is 2.18 bits per heavy atom. The molecular weight excluding hydrogens is 525 g/mol. The van der Waals surface area contributed by atoms with Crippen molar-refractivity contribution in [1.29, 1.82) is 0 Å². The van der Waals surface area contributed by atoms with Crippen molar-refractivity contribution >= 4 is 34.7 Å². The first-order valence-electron chi connectivity index (χ1n) is 12.0. The van der Waals surface area contributed by atoms with Crippen LogP contribution < -0.4 is 0 Å². The third-order valence-corrected chi connectivity index (χ3v) is 6.16. The van der Waals surface area contributed by atoms with Gasteiger partial charge in [0.15, 0.2) is 0 Å². The Kier molecular flexibility index (Phi) is 8.66. The predicted octanol–water partition coefficient (Wildman–Crippen LogP) is 8.13. The van der Waals surface area contributed by atoms with Gasteiger partial charge >= 0.3 is 6.18 Å². The van der Waals surface area contributed by atoms with E-state index in [1.165, 1.54) is 18.4 Å². The maximum atomic E-state index is 12.9. The topological polar surface area (TPSA) is 54.0 Å². The largest absolute Gasteiger partial charge is 0.445 e. The molecule has 0 N–H and O–H groups in total. The second kappa shape index (κ2) is 12.1. The number of oxazole rings is 1. The minimum atomic E-state index is -4.37. The molecule has 0 aliphatic rings. The lowest BCUT2D eigenvalue weighted by Crippen LogP contribution is -2.15. The standard InChI is InChI=1S/C30H26ClF3N4O/c1-20(37-38(3)19-21-4-12-25(13-5-21)30(32,33)34)28(23-10-14-26(31)15-11-23)27(18-35-2)22-6-8-24(9-7-22)29-36-16-17-39-29/h4-18H,19H2,1-3H3/b28-27-,35-18?,37-20+. The number of alkyl halides is 3. The summed E-state index contributed by atoms with van der Waals surface area (Å²) in [6, 6.07) is 20.3. The molecule has 0 amide bonds. The molecule has 0 fully saturated rings. The summed E-state index contributed by atoms with van der Waals surface area (Å²) in [6.07, 6.45) is 0.524. The highest BCUT2D eigenvalue weighted by atomic mass is 35.5. The summed E-state index contributed by atoms with van der Waals surface area (Å²) in [5.41, 5.74) is 5.01. The van der Waals surface area contributed by atoms with E-state index in [0.717, 1.165) is 40.0 Å². The van der Waals surface area contributed by atoms with Crippen molar-refractivity contribution in [1.82, 2.24) is 9.99 Å². The van der Waals surface area contributed by atoms with Gasteiger partial charge in [-0.3, -0.25) is 10.0 Å². The van der Waals surface area contributed by atoms with Crippen LogP contribution in [0, 0.1) is 0 Å². The molecule has 4 rings (SSSR count). The van der Waals surface area contributed by atoms with Crippen LogP contribution in [0.4, 0.5) is 13.2 Å². The third kappa shape index (κ3) is 7.03. The van der Waals surface area contributed by atoms with Crippen molar-refractivity contribution in [2.24, 2.45) is 10.1 Å². The minimum absolute atomic E-state index is 0.325. The smallest absolute Gasteiger partial charge is 0.416 e. The van der Waals surface area contributed by atoms with Crippen LogP contribution in [0.2, 0.25) is 5.02 Å². The molecule has 0 spiro atoms. The van der Waals surface area contributed by atoms with E-state index in [4.69, 9.17) is 21.1 Å². The van der Waals surface area contributed by atoms with E-state index in [2.05, 4.69) is 9.98 Å². The number of aliphatic imine (C=N–C) groups is 1. The lowest BCUT2D eigenvalue weighted by Gasteiger charge is -2.19. The molecule has 3 aromatic carbocycles. The number of halogens is 4. The van der Waals surface area contributed by atoms with Crippen molar-refractivity contribution in [2.45, 2.75) is 19.6 Å². The van der Waals surface area contributed by atoms with E-state index >= 15 is 0 Å². The fourth-order valence-electron chi connectivity index (χ4n) is 4.15. The quantitative estimate of drug-likeness (QED) is 0.126. The number of hydrogen-bond donors (Lipinski definition) is 0. The Bertz CT molecular complexity index is 1470. The van der Waals surface area contributed by atoms with E-state index in [-0.39, 0.29) is 0 Å². The first-order chi connectivity index (χ1) is 18.7. The summed E-state index contributed by atoms with van der Waals surface area (Å²) in [7, 11) is 3.48. The van der Waals surface area contributed by atoms with Gasteiger partial charge in [-0.2, -0.15) is 18.3 Å². The van der Waals surface area contributed by atoms with Crippen LogP contribution in [0.5, 0.6) is 0 Å². The molecule has 200 valence electrons. The Morgan fingerprint density at radius 1 is 0.974 bits per heavy atom. The Hall–Kier alpha value is -4.17. The van der Waals surface area contributed by atoms with Gasteiger partial charge in [-0.15, -0.1) is 0 Å². The van der Waals surface area contributed by atoms with Crippen molar-refractivity contribution in [2.75, 3.05) is 14.1 Å². The number of rotatable bonds is 8. The van der Waals surface area contributed by atoms with Crippen LogP contribution in [0.1, 0.15) is 29.2 Å². The molecule has 5 nitrogen and oxygen atoms in total. The third-order valence-electron chi connectivity index (χ3n) is 5.91. The molecule has 0 aliphatic carbocycles. The number of allylic oxidation sites excluding steroid dienone is 2. The molecule has 0 atom stereocenters. The molecule has 4 aromatic rings. The molecule has 39 heavy (non-hydrogen) atoms. The zero-order chi connectivity index (χ0) is 28.0.